The minimum atomic E-state index is -1.03. The molecule has 1 aliphatic carbocycles. The summed E-state index contributed by atoms with van der Waals surface area (Å²) in [5.74, 6) is 1.78. The van der Waals surface area contributed by atoms with Gasteiger partial charge in [-0.1, -0.05) is 43.9 Å². The molecular formula is C17H29NOSi. The molecule has 0 amide bonds. The van der Waals surface area contributed by atoms with E-state index in [1.54, 1.807) is 7.11 Å². The third kappa shape index (κ3) is 5.29. The van der Waals surface area contributed by atoms with Crippen molar-refractivity contribution < 1.29 is 4.74 Å². The first-order chi connectivity index (χ1) is 9.48. The summed E-state index contributed by atoms with van der Waals surface area (Å²) in [6.07, 6.45) is 3.87. The van der Waals surface area contributed by atoms with Crippen molar-refractivity contribution in [3.05, 3.63) is 29.8 Å². The lowest BCUT2D eigenvalue weighted by Crippen LogP contribution is -2.32. The van der Waals surface area contributed by atoms with Crippen LogP contribution in [0.1, 0.15) is 18.4 Å². The molecule has 112 valence electrons. The zero-order valence-corrected chi connectivity index (χ0v) is 14.4. The lowest BCUT2D eigenvalue weighted by Gasteiger charge is -2.25. The molecule has 0 spiro atoms. The molecule has 1 N–H and O–H groups in total. The van der Waals surface area contributed by atoms with Gasteiger partial charge in [0, 0.05) is 14.1 Å². The molecule has 1 aliphatic rings. The third-order valence-corrected chi connectivity index (χ3v) is 5.68. The highest BCUT2D eigenvalue weighted by molar-refractivity contribution is 6.76. The first-order valence-electron chi connectivity index (χ1n) is 7.83. The molecule has 2 nitrogen and oxygen atoms in total. The van der Waals surface area contributed by atoms with Gasteiger partial charge < -0.3 is 10.1 Å². The van der Waals surface area contributed by atoms with Crippen molar-refractivity contribution in [3.63, 3.8) is 0 Å². The zero-order chi connectivity index (χ0) is 14.6. The van der Waals surface area contributed by atoms with Gasteiger partial charge in [-0.2, -0.15) is 0 Å². The van der Waals surface area contributed by atoms with Crippen LogP contribution in [-0.2, 0) is 6.42 Å². The summed E-state index contributed by atoms with van der Waals surface area (Å²) in [7, 11) is 0.738. The van der Waals surface area contributed by atoms with Crippen LogP contribution in [0.5, 0.6) is 5.75 Å². The molecule has 1 aromatic carbocycles. The smallest absolute Gasteiger partial charge is 0.122 e. The van der Waals surface area contributed by atoms with Crippen molar-refractivity contribution >= 4 is 8.07 Å². The van der Waals surface area contributed by atoms with Crippen LogP contribution in [-0.4, -0.2) is 27.8 Å². The molecule has 0 bridgehead atoms. The van der Waals surface area contributed by atoms with E-state index in [0.29, 0.717) is 0 Å². The summed E-state index contributed by atoms with van der Waals surface area (Å²) in [6.45, 7) is 8.57. The molecule has 0 heterocycles. The van der Waals surface area contributed by atoms with Crippen molar-refractivity contribution in [1.82, 2.24) is 5.32 Å². The van der Waals surface area contributed by atoms with Crippen LogP contribution in [0.15, 0.2) is 24.3 Å². The monoisotopic (exact) mass is 291 g/mol. The van der Waals surface area contributed by atoms with E-state index >= 15 is 0 Å². The Hall–Kier alpha value is -0.803. The number of rotatable bonds is 8. The summed E-state index contributed by atoms with van der Waals surface area (Å²) in [4.78, 5) is 0. The lowest BCUT2D eigenvalue weighted by molar-refractivity contribution is 0.403. The van der Waals surface area contributed by atoms with Crippen molar-refractivity contribution in [3.8, 4) is 5.75 Å². The van der Waals surface area contributed by atoms with Crippen molar-refractivity contribution in [2.75, 3.05) is 13.7 Å². The number of hydrogen-bond acceptors (Lipinski definition) is 2. The Labute approximate surface area is 124 Å². The summed E-state index contributed by atoms with van der Waals surface area (Å²) >= 11 is 0. The molecule has 1 fully saturated rings. The zero-order valence-electron chi connectivity index (χ0n) is 13.4. The van der Waals surface area contributed by atoms with E-state index in [2.05, 4.69) is 49.2 Å². The van der Waals surface area contributed by atoms with E-state index in [9.17, 15) is 0 Å². The van der Waals surface area contributed by atoms with Crippen molar-refractivity contribution in [1.29, 1.82) is 0 Å². The SMILES string of the molecule is COc1ccccc1CC(CNC1CC1)C[Si](C)(C)C. The van der Waals surface area contributed by atoms with Gasteiger partial charge in [0.2, 0.25) is 0 Å². The van der Waals surface area contributed by atoms with Gasteiger partial charge in [0.25, 0.3) is 0 Å². The Bertz CT molecular complexity index is 423. The Balaban J connectivity index is 2.00. The standard InChI is InChI=1S/C17H29NOSi/c1-19-17-8-6-5-7-15(17)11-14(13-20(2,3)4)12-18-16-9-10-16/h5-8,14,16,18H,9-13H2,1-4H3. The molecule has 0 saturated heterocycles. The van der Waals surface area contributed by atoms with E-state index < -0.39 is 8.07 Å². The summed E-state index contributed by atoms with van der Waals surface area (Å²) < 4.78 is 5.51. The molecular weight excluding hydrogens is 262 g/mol. The molecule has 1 atom stereocenters. The second-order valence-electron chi connectivity index (χ2n) is 7.33. The summed E-state index contributed by atoms with van der Waals surface area (Å²) in [6, 6.07) is 10.7. The van der Waals surface area contributed by atoms with E-state index in [4.69, 9.17) is 4.74 Å². The maximum atomic E-state index is 5.51. The molecule has 1 unspecified atom stereocenters. The highest BCUT2D eigenvalue weighted by Crippen LogP contribution is 2.27. The average Bonchev–Trinajstić information content (AvgIpc) is 3.19. The highest BCUT2D eigenvalue weighted by atomic mass is 28.3. The van der Waals surface area contributed by atoms with Crippen LogP contribution in [0.4, 0.5) is 0 Å². The van der Waals surface area contributed by atoms with Gasteiger partial charge in [-0.25, -0.2) is 0 Å². The minimum Gasteiger partial charge on any atom is -0.496 e. The summed E-state index contributed by atoms with van der Waals surface area (Å²) in [5.41, 5.74) is 1.36. The van der Waals surface area contributed by atoms with Crippen LogP contribution in [0.25, 0.3) is 0 Å². The first kappa shape index (κ1) is 15.6. The largest absolute Gasteiger partial charge is 0.496 e. The minimum absolute atomic E-state index is 0.735. The fourth-order valence-corrected chi connectivity index (χ4v) is 4.91. The Morgan fingerprint density at radius 1 is 1.25 bits per heavy atom. The predicted molar refractivity (Wildman–Crippen MR) is 89.4 cm³/mol. The van der Waals surface area contributed by atoms with Crippen LogP contribution >= 0.6 is 0 Å². The number of nitrogens with one attached hydrogen (secondary N) is 1. The third-order valence-electron chi connectivity index (χ3n) is 3.87. The van der Waals surface area contributed by atoms with Gasteiger partial charge in [0.15, 0.2) is 0 Å². The quantitative estimate of drug-likeness (QED) is 0.732. The van der Waals surface area contributed by atoms with Crippen LogP contribution in [0, 0.1) is 5.92 Å². The van der Waals surface area contributed by atoms with E-state index in [-0.39, 0.29) is 0 Å². The van der Waals surface area contributed by atoms with Gasteiger partial charge in [-0.3, -0.25) is 0 Å². The van der Waals surface area contributed by atoms with Crippen molar-refractivity contribution in [2.24, 2.45) is 5.92 Å². The Kier molecular flexibility index (Phi) is 5.27. The number of para-hydroxylation sites is 1. The van der Waals surface area contributed by atoms with Gasteiger partial charge >= 0.3 is 0 Å². The van der Waals surface area contributed by atoms with Gasteiger partial charge in [0.05, 0.1) is 7.11 Å². The van der Waals surface area contributed by atoms with E-state index in [1.165, 1.54) is 24.4 Å². The number of hydrogen-bond donors (Lipinski definition) is 1. The molecule has 1 saturated carbocycles. The lowest BCUT2D eigenvalue weighted by atomic mass is 10.00. The highest BCUT2D eigenvalue weighted by Gasteiger charge is 2.25. The molecule has 2 rings (SSSR count). The second-order valence-corrected chi connectivity index (χ2v) is 12.9. The van der Waals surface area contributed by atoms with Gasteiger partial charge in [0.1, 0.15) is 5.75 Å². The normalized spacial score (nSPS) is 17.0. The van der Waals surface area contributed by atoms with Gasteiger partial charge in [-0.15, -0.1) is 0 Å². The van der Waals surface area contributed by atoms with E-state index in [1.807, 2.05) is 0 Å². The topological polar surface area (TPSA) is 21.3 Å². The Morgan fingerprint density at radius 2 is 1.95 bits per heavy atom. The second kappa shape index (κ2) is 6.77. The fraction of sp³-hybridized carbons (Fsp3) is 0.647. The van der Waals surface area contributed by atoms with Crippen LogP contribution in [0.2, 0.25) is 25.7 Å². The molecule has 0 radical (unpaired) electrons. The summed E-state index contributed by atoms with van der Waals surface area (Å²) in [5, 5.41) is 3.72. The van der Waals surface area contributed by atoms with Gasteiger partial charge in [-0.05, 0) is 43.4 Å². The molecule has 0 aromatic heterocycles. The molecule has 3 heteroatoms. The number of methoxy groups -OCH3 is 1. The fourth-order valence-electron chi connectivity index (χ4n) is 2.89. The Morgan fingerprint density at radius 3 is 2.55 bits per heavy atom. The average molecular weight is 292 g/mol. The number of benzene rings is 1. The van der Waals surface area contributed by atoms with E-state index in [0.717, 1.165) is 30.7 Å². The van der Waals surface area contributed by atoms with Crippen LogP contribution in [0.3, 0.4) is 0 Å². The number of ether oxygens (including phenoxy) is 1. The molecule has 1 aromatic rings. The molecule has 0 aliphatic heterocycles. The van der Waals surface area contributed by atoms with Crippen LogP contribution < -0.4 is 10.1 Å². The first-order valence-corrected chi connectivity index (χ1v) is 11.5. The maximum absolute atomic E-state index is 5.51. The predicted octanol–water partition coefficient (Wildman–Crippen LogP) is 3.94. The maximum Gasteiger partial charge on any atom is 0.122 e. The molecule has 20 heavy (non-hydrogen) atoms. The van der Waals surface area contributed by atoms with Crippen molar-refractivity contribution in [2.45, 2.75) is 51.0 Å².